The Hall–Kier alpha value is -2.34. The lowest BCUT2D eigenvalue weighted by molar-refractivity contribution is -0.121. The first-order chi connectivity index (χ1) is 11.6. The summed E-state index contributed by atoms with van der Waals surface area (Å²) in [7, 11) is 0. The van der Waals surface area contributed by atoms with E-state index in [4.69, 9.17) is 5.73 Å². The van der Waals surface area contributed by atoms with E-state index < -0.39 is 6.03 Å². The molecule has 1 heterocycles. The second-order valence-electron chi connectivity index (χ2n) is 5.60. The van der Waals surface area contributed by atoms with Gasteiger partial charge in [-0.15, -0.1) is 11.3 Å². The second kappa shape index (κ2) is 9.08. The zero-order valence-electron chi connectivity index (χ0n) is 13.7. The lowest BCUT2D eigenvalue weighted by atomic mass is 9.96. The van der Waals surface area contributed by atoms with Crippen LogP contribution < -0.4 is 16.4 Å². The third-order valence-corrected chi connectivity index (χ3v) is 4.89. The molecule has 0 fully saturated rings. The molecule has 5 nitrogen and oxygen atoms in total. The summed E-state index contributed by atoms with van der Waals surface area (Å²) in [5.41, 5.74) is 6.43. The Morgan fingerprint density at radius 2 is 1.92 bits per heavy atom. The van der Waals surface area contributed by atoms with Gasteiger partial charge < -0.3 is 16.4 Å². The van der Waals surface area contributed by atoms with Gasteiger partial charge in [0.2, 0.25) is 5.91 Å². The van der Waals surface area contributed by atoms with Crippen LogP contribution in [0, 0.1) is 0 Å². The van der Waals surface area contributed by atoms with E-state index in [-0.39, 0.29) is 24.3 Å². The zero-order chi connectivity index (χ0) is 17.4. The molecule has 2 atom stereocenters. The summed E-state index contributed by atoms with van der Waals surface area (Å²) in [4.78, 5) is 24.4. The third kappa shape index (κ3) is 5.38. The van der Waals surface area contributed by atoms with Crippen molar-refractivity contribution in [3.05, 3.63) is 58.3 Å². The fourth-order valence-corrected chi connectivity index (χ4v) is 3.38. The van der Waals surface area contributed by atoms with Gasteiger partial charge in [0.15, 0.2) is 0 Å². The minimum atomic E-state index is -0.628. The maximum Gasteiger partial charge on any atom is 0.312 e. The van der Waals surface area contributed by atoms with Crippen LogP contribution in [0.1, 0.15) is 42.2 Å². The number of primary amides is 1. The Kier molecular flexibility index (Phi) is 6.81. The average molecular weight is 345 g/mol. The van der Waals surface area contributed by atoms with E-state index in [1.807, 2.05) is 35.7 Å². The van der Waals surface area contributed by atoms with Gasteiger partial charge in [0, 0.05) is 17.3 Å². The summed E-state index contributed by atoms with van der Waals surface area (Å²) in [6.07, 6.45) is 1.12. The minimum absolute atomic E-state index is 0.100. The first-order valence-electron chi connectivity index (χ1n) is 8.01. The van der Waals surface area contributed by atoms with Gasteiger partial charge in [-0.3, -0.25) is 4.79 Å². The van der Waals surface area contributed by atoms with E-state index in [1.165, 1.54) is 16.9 Å². The Balaban J connectivity index is 1.92. The number of amides is 3. The molecule has 0 spiro atoms. The molecule has 128 valence electrons. The molecule has 0 radical (unpaired) electrons. The van der Waals surface area contributed by atoms with E-state index in [0.717, 1.165) is 11.3 Å². The Labute approximate surface area is 146 Å². The van der Waals surface area contributed by atoms with Gasteiger partial charge in [-0.1, -0.05) is 43.3 Å². The lowest BCUT2D eigenvalue weighted by Crippen LogP contribution is -2.37. The van der Waals surface area contributed by atoms with E-state index in [0.29, 0.717) is 6.54 Å². The quantitative estimate of drug-likeness (QED) is 0.686. The summed E-state index contributed by atoms with van der Waals surface area (Å²) in [6.45, 7) is 2.68. The maximum atomic E-state index is 12.3. The number of benzene rings is 1. The van der Waals surface area contributed by atoms with Gasteiger partial charge >= 0.3 is 6.03 Å². The molecule has 6 heteroatoms. The highest BCUT2D eigenvalue weighted by atomic mass is 32.1. The molecule has 0 aliphatic rings. The number of hydrogen-bond donors (Lipinski definition) is 3. The van der Waals surface area contributed by atoms with Gasteiger partial charge in [0.1, 0.15) is 0 Å². The van der Waals surface area contributed by atoms with Crippen LogP contribution in [0.3, 0.4) is 0 Å². The standard InChI is InChI=1S/C18H23N3O2S/c1-2-13(14-7-4-3-5-8-14)12-20-17(22)11-15(21-18(19)23)16-9-6-10-24-16/h3-10,13,15H,2,11-12H2,1H3,(H,20,22)(H3,19,21,23). The predicted molar refractivity (Wildman–Crippen MR) is 96.9 cm³/mol. The number of hydrogen-bond acceptors (Lipinski definition) is 3. The second-order valence-corrected chi connectivity index (χ2v) is 6.58. The molecule has 2 aromatic rings. The normalized spacial score (nSPS) is 13.0. The molecule has 0 saturated heterocycles. The minimum Gasteiger partial charge on any atom is -0.355 e. The van der Waals surface area contributed by atoms with Crippen LogP contribution in [0.15, 0.2) is 47.8 Å². The van der Waals surface area contributed by atoms with Crippen LogP contribution >= 0.6 is 11.3 Å². The number of carbonyl (C=O) groups is 2. The number of nitrogens with two attached hydrogens (primary N) is 1. The van der Waals surface area contributed by atoms with Crippen molar-refractivity contribution in [2.45, 2.75) is 31.7 Å². The summed E-state index contributed by atoms with van der Waals surface area (Å²) in [6, 6.07) is 12.9. The molecule has 4 N–H and O–H groups in total. The van der Waals surface area contributed by atoms with Gasteiger partial charge in [-0.25, -0.2) is 4.79 Å². The van der Waals surface area contributed by atoms with Crippen molar-refractivity contribution in [3.63, 3.8) is 0 Å². The van der Waals surface area contributed by atoms with Crippen molar-refractivity contribution in [2.75, 3.05) is 6.54 Å². The highest BCUT2D eigenvalue weighted by Gasteiger charge is 2.19. The average Bonchev–Trinajstić information content (AvgIpc) is 3.10. The van der Waals surface area contributed by atoms with Crippen LogP contribution in [0.2, 0.25) is 0 Å². The molecule has 1 aromatic heterocycles. The smallest absolute Gasteiger partial charge is 0.312 e. The van der Waals surface area contributed by atoms with Crippen LogP contribution in [0.4, 0.5) is 4.79 Å². The SMILES string of the molecule is CCC(CNC(=O)CC(NC(N)=O)c1cccs1)c1ccccc1. The lowest BCUT2D eigenvalue weighted by Gasteiger charge is -2.19. The topological polar surface area (TPSA) is 84.2 Å². The number of urea groups is 1. The molecule has 1 aromatic carbocycles. The van der Waals surface area contributed by atoms with Gasteiger partial charge in [0.25, 0.3) is 0 Å². The Morgan fingerprint density at radius 1 is 1.17 bits per heavy atom. The van der Waals surface area contributed by atoms with Gasteiger partial charge in [-0.2, -0.15) is 0 Å². The monoisotopic (exact) mass is 345 g/mol. The van der Waals surface area contributed by atoms with Crippen molar-refractivity contribution >= 4 is 23.3 Å². The van der Waals surface area contributed by atoms with Crippen molar-refractivity contribution in [1.29, 1.82) is 0 Å². The third-order valence-electron chi connectivity index (χ3n) is 3.90. The highest BCUT2D eigenvalue weighted by molar-refractivity contribution is 7.10. The van der Waals surface area contributed by atoms with E-state index in [9.17, 15) is 9.59 Å². The van der Waals surface area contributed by atoms with Crippen molar-refractivity contribution in [3.8, 4) is 0 Å². The molecule has 24 heavy (non-hydrogen) atoms. The van der Waals surface area contributed by atoms with Crippen molar-refractivity contribution in [1.82, 2.24) is 10.6 Å². The molecule has 2 unspecified atom stereocenters. The maximum absolute atomic E-state index is 12.3. The van der Waals surface area contributed by atoms with Gasteiger partial charge in [-0.05, 0) is 23.4 Å². The zero-order valence-corrected chi connectivity index (χ0v) is 14.5. The molecule has 0 bridgehead atoms. The molecule has 0 saturated carbocycles. The molecule has 3 amide bonds. The molecule has 0 aliphatic heterocycles. The molecular formula is C18H23N3O2S. The number of thiophene rings is 1. The summed E-state index contributed by atoms with van der Waals surface area (Å²) >= 11 is 1.49. The largest absolute Gasteiger partial charge is 0.355 e. The summed E-state index contributed by atoms with van der Waals surface area (Å²) in [5.74, 6) is 0.177. The van der Waals surface area contributed by atoms with Crippen molar-refractivity contribution in [2.24, 2.45) is 5.73 Å². The van der Waals surface area contributed by atoms with Gasteiger partial charge in [0.05, 0.1) is 12.5 Å². The van der Waals surface area contributed by atoms with Crippen molar-refractivity contribution < 1.29 is 9.59 Å². The first-order valence-corrected chi connectivity index (χ1v) is 8.89. The molecule has 2 rings (SSSR count). The number of carbonyl (C=O) groups excluding carboxylic acids is 2. The Bertz CT molecular complexity index is 644. The fourth-order valence-electron chi connectivity index (χ4n) is 2.60. The highest BCUT2D eigenvalue weighted by Crippen LogP contribution is 2.22. The van der Waals surface area contributed by atoms with E-state index in [2.05, 4.69) is 29.7 Å². The first kappa shape index (κ1) is 18.0. The summed E-state index contributed by atoms with van der Waals surface area (Å²) < 4.78 is 0. The van der Waals surface area contributed by atoms with Crippen LogP contribution in [0.25, 0.3) is 0 Å². The van der Waals surface area contributed by atoms with E-state index in [1.54, 1.807) is 0 Å². The molecular weight excluding hydrogens is 322 g/mol. The Morgan fingerprint density at radius 3 is 2.50 bits per heavy atom. The van der Waals surface area contributed by atoms with E-state index >= 15 is 0 Å². The number of rotatable bonds is 8. The fraction of sp³-hybridized carbons (Fsp3) is 0.333. The molecule has 0 aliphatic carbocycles. The summed E-state index contributed by atoms with van der Waals surface area (Å²) in [5, 5.41) is 7.51. The number of nitrogens with one attached hydrogen (secondary N) is 2. The van der Waals surface area contributed by atoms with Crippen LogP contribution in [-0.4, -0.2) is 18.5 Å². The van der Waals surface area contributed by atoms with Crippen LogP contribution in [-0.2, 0) is 4.79 Å². The van der Waals surface area contributed by atoms with Crippen LogP contribution in [0.5, 0.6) is 0 Å². The predicted octanol–water partition coefficient (Wildman–Crippen LogP) is 3.16.